The van der Waals surface area contributed by atoms with Crippen LogP contribution in [0.1, 0.15) is 12.5 Å². The number of nitrogens with one attached hydrogen (secondary N) is 1. The minimum Gasteiger partial charge on any atom is -0.480 e. The Balaban J connectivity index is 1.57. The third kappa shape index (κ3) is 4.92. The van der Waals surface area contributed by atoms with Gasteiger partial charge in [-0.3, -0.25) is 0 Å². The van der Waals surface area contributed by atoms with Gasteiger partial charge in [-0.25, -0.2) is 14.8 Å². The number of aliphatic carboxylic acids is 1. The quantitative estimate of drug-likeness (QED) is 0.396. The fourth-order valence-electron chi connectivity index (χ4n) is 3.45. The standard InChI is InChI=1S/C26H24N4O2/c1-19(26(31)32)30(23-10-6-3-7-11-23)25-16-24(28-18-29-25)21-12-14-22(15-13-21)27-17-20-8-4-2-5-9-20/h2-16,18-19,27H,17H2,1H3,(H,31,32)/t19-/m0/s1. The van der Waals surface area contributed by atoms with Crippen LogP contribution in [0.25, 0.3) is 11.3 Å². The normalized spacial score (nSPS) is 11.5. The van der Waals surface area contributed by atoms with Gasteiger partial charge in [0.2, 0.25) is 0 Å². The van der Waals surface area contributed by atoms with Crippen LogP contribution in [-0.4, -0.2) is 27.1 Å². The van der Waals surface area contributed by atoms with E-state index < -0.39 is 12.0 Å². The lowest BCUT2D eigenvalue weighted by Gasteiger charge is -2.27. The van der Waals surface area contributed by atoms with E-state index in [0.717, 1.165) is 29.2 Å². The number of hydrogen-bond acceptors (Lipinski definition) is 5. The topological polar surface area (TPSA) is 78.4 Å². The Morgan fingerprint density at radius 3 is 2.25 bits per heavy atom. The maximum Gasteiger partial charge on any atom is 0.326 e. The molecule has 1 aromatic heterocycles. The molecule has 0 amide bonds. The second kappa shape index (κ2) is 9.75. The SMILES string of the molecule is C[C@@H](C(=O)O)N(c1ccccc1)c1cc(-c2ccc(NCc3ccccc3)cc2)ncn1. The monoisotopic (exact) mass is 424 g/mol. The molecule has 0 aliphatic carbocycles. The molecule has 4 rings (SSSR count). The molecule has 0 saturated heterocycles. The Bertz CT molecular complexity index is 1170. The number of para-hydroxylation sites is 1. The zero-order valence-electron chi connectivity index (χ0n) is 17.7. The highest BCUT2D eigenvalue weighted by Crippen LogP contribution is 2.29. The number of aromatic nitrogens is 2. The van der Waals surface area contributed by atoms with E-state index in [1.807, 2.05) is 78.9 Å². The molecular weight excluding hydrogens is 400 g/mol. The summed E-state index contributed by atoms with van der Waals surface area (Å²) in [6.07, 6.45) is 1.47. The molecule has 32 heavy (non-hydrogen) atoms. The summed E-state index contributed by atoms with van der Waals surface area (Å²) >= 11 is 0. The Labute approximate surface area is 187 Å². The molecule has 0 fully saturated rings. The Morgan fingerprint density at radius 1 is 0.938 bits per heavy atom. The summed E-state index contributed by atoms with van der Waals surface area (Å²) in [5.74, 6) is -0.398. The summed E-state index contributed by atoms with van der Waals surface area (Å²) in [6, 6.07) is 28.6. The second-order valence-corrected chi connectivity index (χ2v) is 7.40. The van der Waals surface area contributed by atoms with Crippen LogP contribution < -0.4 is 10.2 Å². The molecule has 0 saturated carbocycles. The molecule has 2 N–H and O–H groups in total. The van der Waals surface area contributed by atoms with Crippen LogP contribution in [0.2, 0.25) is 0 Å². The van der Waals surface area contributed by atoms with Crippen LogP contribution >= 0.6 is 0 Å². The van der Waals surface area contributed by atoms with Gasteiger partial charge in [-0.2, -0.15) is 0 Å². The van der Waals surface area contributed by atoms with Crippen molar-refractivity contribution in [2.24, 2.45) is 0 Å². The van der Waals surface area contributed by atoms with Gasteiger partial charge in [0.1, 0.15) is 18.2 Å². The van der Waals surface area contributed by atoms with Crippen molar-refractivity contribution < 1.29 is 9.90 Å². The summed E-state index contributed by atoms with van der Waals surface area (Å²) in [5.41, 5.74) is 4.63. The predicted molar refractivity (Wildman–Crippen MR) is 127 cm³/mol. The molecule has 0 unspecified atom stereocenters. The minimum atomic E-state index is -0.928. The maximum absolute atomic E-state index is 11.8. The molecule has 0 aliphatic heterocycles. The first-order chi connectivity index (χ1) is 15.6. The van der Waals surface area contributed by atoms with E-state index in [-0.39, 0.29) is 0 Å². The number of carboxylic acids is 1. The number of benzene rings is 3. The average Bonchev–Trinajstić information content (AvgIpc) is 2.85. The van der Waals surface area contributed by atoms with Crippen molar-refractivity contribution in [2.45, 2.75) is 19.5 Å². The summed E-state index contributed by atoms with van der Waals surface area (Å²) < 4.78 is 0. The summed E-state index contributed by atoms with van der Waals surface area (Å²) in [7, 11) is 0. The highest BCUT2D eigenvalue weighted by Gasteiger charge is 2.24. The zero-order chi connectivity index (χ0) is 22.3. The van der Waals surface area contributed by atoms with Crippen LogP contribution in [0.4, 0.5) is 17.2 Å². The van der Waals surface area contributed by atoms with Crippen molar-refractivity contribution >= 4 is 23.2 Å². The first-order valence-corrected chi connectivity index (χ1v) is 10.4. The lowest BCUT2D eigenvalue weighted by molar-refractivity contribution is -0.138. The van der Waals surface area contributed by atoms with Crippen LogP contribution in [0.5, 0.6) is 0 Å². The Kier molecular flexibility index (Phi) is 6.41. The molecule has 6 heteroatoms. The maximum atomic E-state index is 11.8. The van der Waals surface area contributed by atoms with Gasteiger partial charge in [0, 0.05) is 29.5 Å². The molecular formula is C26H24N4O2. The number of carbonyl (C=O) groups is 1. The average molecular weight is 425 g/mol. The Morgan fingerprint density at radius 2 is 1.59 bits per heavy atom. The molecule has 0 aliphatic rings. The summed E-state index contributed by atoms with van der Waals surface area (Å²) in [5, 5.41) is 13.0. The van der Waals surface area contributed by atoms with Gasteiger partial charge in [0.25, 0.3) is 0 Å². The lowest BCUT2D eigenvalue weighted by Crippen LogP contribution is -2.36. The first kappa shape index (κ1) is 21.1. The molecule has 4 aromatic rings. The van der Waals surface area contributed by atoms with Gasteiger partial charge in [0.15, 0.2) is 0 Å². The van der Waals surface area contributed by atoms with E-state index in [0.29, 0.717) is 5.82 Å². The van der Waals surface area contributed by atoms with Crippen LogP contribution in [0.3, 0.4) is 0 Å². The molecule has 3 aromatic carbocycles. The van der Waals surface area contributed by atoms with Gasteiger partial charge >= 0.3 is 5.97 Å². The van der Waals surface area contributed by atoms with Gasteiger partial charge in [0.05, 0.1) is 5.69 Å². The van der Waals surface area contributed by atoms with Crippen LogP contribution in [0.15, 0.2) is 97.3 Å². The predicted octanol–water partition coefficient (Wildman–Crippen LogP) is 5.37. The third-order valence-electron chi connectivity index (χ3n) is 5.20. The number of rotatable bonds is 8. The van der Waals surface area contributed by atoms with Gasteiger partial charge in [-0.05, 0) is 36.8 Å². The summed E-state index contributed by atoms with van der Waals surface area (Å²) in [6.45, 7) is 2.39. The third-order valence-corrected chi connectivity index (χ3v) is 5.20. The van der Waals surface area contributed by atoms with Crippen molar-refractivity contribution in [2.75, 3.05) is 10.2 Å². The van der Waals surface area contributed by atoms with Gasteiger partial charge < -0.3 is 15.3 Å². The fraction of sp³-hybridized carbons (Fsp3) is 0.115. The molecule has 1 heterocycles. The first-order valence-electron chi connectivity index (χ1n) is 10.4. The number of anilines is 3. The van der Waals surface area contributed by atoms with Gasteiger partial charge in [-0.1, -0.05) is 60.7 Å². The fourth-order valence-corrected chi connectivity index (χ4v) is 3.45. The van der Waals surface area contributed by atoms with Crippen molar-refractivity contribution in [3.05, 3.63) is 103 Å². The molecule has 0 spiro atoms. The van der Waals surface area contributed by atoms with Crippen LogP contribution in [-0.2, 0) is 11.3 Å². The largest absolute Gasteiger partial charge is 0.480 e. The summed E-state index contributed by atoms with van der Waals surface area (Å²) in [4.78, 5) is 22.2. The zero-order valence-corrected chi connectivity index (χ0v) is 17.7. The molecule has 6 nitrogen and oxygen atoms in total. The molecule has 0 radical (unpaired) electrons. The van der Waals surface area contributed by atoms with E-state index in [1.165, 1.54) is 11.9 Å². The van der Waals surface area contributed by atoms with Crippen molar-refractivity contribution in [3.8, 4) is 11.3 Å². The molecule has 0 bridgehead atoms. The minimum absolute atomic E-state index is 0.530. The van der Waals surface area contributed by atoms with Crippen molar-refractivity contribution in [3.63, 3.8) is 0 Å². The van der Waals surface area contributed by atoms with E-state index >= 15 is 0 Å². The van der Waals surface area contributed by atoms with E-state index in [2.05, 4.69) is 27.4 Å². The van der Waals surface area contributed by atoms with E-state index in [9.17, 15) is 9.90 Å². The van der Waals surface area contributed by atoms with E-state index in [1.54, 1.807) is 11.8 Å². The second-order valence-electron chi connectivity index (χ2n) is 7.40. The highest BCUT2D eigenvalue weighted by molar-refractivity contribution is 5.82. The molecule has 1 atom stereocenters. The van der Waals surface area contributed by atoms with Gasteiger partial charge in [-0.15, -0.1) is 0 Å². The highest BCUT2D eigenvalue weighted by atomic mass is 16.4. The van der Waals surface area contributed by atoms with E-state index in [4.69, 9.17) is 0 Å². The molecule has 160 valence electrons. The van der Waals surface area contributed by atoms with Crippen LogP contribution in [0, 0.1) is 0 Å². The lowest BCUT2D eigenvalue weighted by atomic mass is 10.1. The Hall–Kier alpha value is -4.19. The number of hydrogen-bond donors (Lipinski definition) is 2. The smallest absolute Gasteiger partial charge is 0.326 e. The van der Waals surface area contributed by atoms with Crippen molar-refractivity contribution in [1.82, 2.24) is 9.97 Å². The van der Waals surface area contributed by atoms with Crippen molar-refractivity contribution in [1.29, 1.82) is 0 Å². The number of carboxylic acid groups (broad SMARTS) is 1. The number of nitrogens with zero attached hydrogens (tertiary/aromatic N) is 3.